The lowest BCUT2D eigenvalue weighted by Gasteiger charge is -2.11. The van der Waals surface area contributed by atoms with Gasteiger partial charge in [0, 0.05) is 26.8 Å². The SMILES string of the molecule is Cc1nc(-c2ccc(NC(=S)Nc3cccc(Br)c3)cc2)cs1. The summed E-state index contributed by atoms with van der Waals surface area (Å²) in [6.45, 7) is 2.01. The van der Waals surface area contributed by atoms with Crippen molar-refractivity contribution in [2.75, 3.05) is 10.6 Å². The molecule has 3 nitrogen and oxygen atoms in total. The highest BCUT2D eigenvalue weighted by molar-refractivity contribution is 9.10. The molecule has 0 bridgehead atoms. The Bertz CT molecular complexity index is 828. The molecule has 1 heterocycles. The number of hydrogen-bond donors (Lipinski definition) is 2. The molecule has 0 aliphatic heterocycles. The molecule has 116 valence electrons. The first-order valence-electron chi connectivity index (χ1n) is 6.96. The van der Waals surface area contributed by atoms with Crippen LogP contribution < -0.4 is 10.6 Å². The molecule has 0 fully saturated rings. The number of aryl methyl sites for hydroxylation is 1. The molecular formula is C17H14BrN3S2. The van der Waals surface area contributed by atoms with Crippen molar-refractivity contribution in [3.63, 3.8) is 0 Å². The van der Waals surface area contributed by atoms with Gasteiger partial charge in [-0.05, 0) is 49.5 Å². The second kappa shape index (κ2) is 7.21. The van der Waals surface area contributed by atoms with Crippen molar-refractivity contribution in [2.24, 2.45) is 0 Å². The van der Waals surface area contributed by atoms with E-state index >= 15 is 0 Å². The van der Waals surface area contributed by atoms with Crippen LogP contribution in [0.4, 0.5) is 11.4 Å². The second-order valence-electron chi connectivity index (χ2n) is 4.92. The van der Waals surface area contributed by atoms with Gasteiger partial charge in [-0.1, -0.05) is 34.1 Å². The second-order valence-corrected chi connectivity index (χ2v) is 7.30. The van der Waals surface area contributed by atoms with E-state index in [4.69, 9.17) is 12.2 Å². The fourth-order valence-corrected chi connectivity index (χ4v) is 3.34. The molecule has 0 saturated heterocycles. The van der Waals surface area contributed by atoms with Gasteiger partial charge in [0.1, 0.15) is 0 Å². The Kier molecular flexibility index (Phi) is 5.05. The van der Waals surface area contributed by atoms with Crippen LogP contribution in [0.3, 0.4) is 0 Å². The number of thiocarbonyl (C=S) groups is 1. The van der Waals surface area contributed by atoms with Gasteiger partial charge in [0.05, 0.1) is 10.7 Å². The van der Waals surface area contributed by atoms with Crippen molar-refractivity contribution in [3.8, 4) is 11.3 Å². The zero-order chi connectivity index (χ0) is 16.2. The number of anilines is 2. The number of hydrogen-bond acceptors (Lipinski definition) is 3. The zero-order valence-electron chi connectivity index (χ0n) is 12.3. The van der Waals surface area contributed by atoms with Gasteiger partial charge in [-0.3, -0.25) is 0 Å². The molecule has 0 amide bonds. The summed E-state index contributed by atoms with van der Waals surface area (Å²) in [5.41, 5.74) is 3.99. The van der Waals surface area contributed by atoms with Gasteiger partial charge in [-0.15, -0.1) is 11.3 Å². The van der Waals surface area contributed by atoms with E-state index in [0.29, 0.717) is 5.11 Å². The monoisotopic (exact) mass is 403 g/mol. The molecule has 0 atom stereocenters. The molecule has 0 aliphatic rings. The first-order valence-corrected chi connectivity index (χ1v) is 9.04. The van der Waals surface area contributed by atoms with Crippen molar-refractivity contribution < 1.29 is 0 Å². The summed E-state index contributed by atoms with van der Waals surface area (Å²) in [6.07, 6.45) is 0. The van der Waals surface area contributed by atoms with Crippen molar-refractivity contribution in [3.05, 3.63) is 63.4 Å². The smallest absolute Gasteiger partial charge is 0.175 e. The highest BCUT2D eigenvalue weighted by Gasteiger charge is 2.03. The Hall–Kier alpha value is -1.76. The predicted molar refractivity (Wildman–Crippen MR) is 106 cm³/mol. The number of rotatable bonds is 3. The fraction of sp³-hybridized carbons (Fsp3) is 0.0588. The van der Waals surface area contributed by atoms with E-state index in [1.54, 1.807) is 11.3 Å². The molecule has 1 aromatic heterocycles. The van der Waals surface area contributed by atoms with Crippen molar-refractivity contribution in [2.45, 2.75) is 6.92 Å². The van der Waals surface area contributed by atoms with Crippen LogP contribution in [0.5, 0.6) is 0 Å². The molecule has 0 radical (unpaired) electrons. The van der Waals surface area contributed by atoms with Gasteiger partial charge in [0.2, 0.25) is 0 Å². The van der Waals surface area contributed by atoms with Gasteiger partial charge < -0.3 is 10.6 Å². The topological polar surface area (TPSA) is 37.0 Å². The van der Waals surface area contributed by atoms with Crippen LogP contribution in [0.15, 0.2) is 58.4 Å². The third kappa shape index (κ3) is 4.37. The number of halogens is 1. The summed E-state index contributed by atoms with van der Waals surface area (Å²) in [5.74, 6) is 0. The van der Waals surface area contributed by atoms with Crippen LogP contribution in [0.2, 0.25) is 0 Å². The maximum atomic E-state index is 5.34. The van der Waals surface area contributed by atoms with Gasteiger partial charge in [0.15, 0.2) is 5.11 Å². The number of nitrogens with zero attached hydrogens (tertiary/aromatic N) is 1. The van der Waals surface area contributed by atoms with Gasteiger partial charge >= 0.3 is 0 Å². The molecule has 0 unspecified atom stereocenters. The summed E-state index contributed by atoms with van der Waals surface area (Å²) in [7, 11) is 0. The van der Waals surface area contributed by atoms with Gasteiger partial charge in [-0.2, -0.15) is 0 Å². The lowest BCUT2D eigenvalue weighted by molar-refractivity contribution is 1.30. The molecule has 0 saturated carbocycles. The normalized spacial score (nSPS) is 10.3. The van der Waals surface area contributed by atoms with Crippen LogP contribution in [-0.4, -0.2) is 10.1 Å². The highest BCUT2D eigenvalue weighted by atomic mass is 79.9. The van der Waals surface area contributed by atoms with Crippen LogP contribution >= 0.6 is 39.5 Å². The molecule has 2 N–H and O–H groups in total. The molecule has 0 aliphatic carbocycles. The molecule has 6 heteroatoms. The summed E-state index contributed by atoms with van der Waals surface area (Å²) in [6, 6.07) is 15.9. The van der Waals surface area contributed by atoms with E-state index in [9.17, 15) is 0 Å². The van der Waals surface area contributed by atoms with Crippen LogP contribution in [-0.2, 0) is 0 Å². The van der Waals surface area contributed by atoms with E-state index in [1.165, 1.54) is 0 Å². The number of benzene rings is 2. The van der Waals surface area contributed by atoms with Crippen LogP contribution in [0.25, 0.3) is 11.3 Å². The predicted octanol–water partition coefficient (Wildman–Crippen LogP) is 5.69. The average molecular weight is 404 g/mol. The van der Waals surface area contributed by atoms with E-state index in [-0.39, 0.29) is 0 Å². The Morgan fingerprint density at radius 3 is 2.48 bits per heavy atom. The Labute approximate surface area is 152 Å². The maximum absolute atomic E-state index is 5.34. The first-order chi connectivity index (χ1) is 11.1. The number of nitrogens with one attached hydrogen (secondary N) is 2. The number of aromatic nitrogens is 1. The Morgan fingerprint density at radius 1 is 1.09 bits per heavy atom. The minimum Gasteiger partial charge on any atom is -0.332 e. The molecule has 3 rings (SSSR count). The van der Waals surface area contributed by atoms with E-state index < -0.39 is 0 Å². The molecular weight excluding hydrogens is 390 g/mol. The van der Waals surface area contributed by atoms with Gasteiger partial charge in [-0.25, -0.2) is 4.98 Å². The molecule has 3 aromatic rings. The van der Waals surface area contributed by atoms with Crippen molar-refractivity contribution >= 4 is 56.0 Å². The summed E-state index contributed by atoms with van der Waals surface area (Å²) in [4.78, 5) is 4.49. The lowest BCUT2D eigenvalue weighted by atomic mass is 10.1. The lowest BCUT2D eigenvalue weighted by Crippen LogP contribution is -2.18. The van der Waals surface area contributed by atoms with E-state index in [1.807, 2.05) is 55.5 Å². The molecule has 0 spiro atoms. The van der Waals surface area contributed by atoms with Gasteiger partial charge in [0.25, 0.3) is 0 Å². The van der Waals surface area contributed by atoms with Crippen molar-refractivity contribution in [1.82, 2.24) is 4.98 Å². The largest absolute Gasteiger partial charge is 0.332 e. The zero-order valence-corrected chi connectivity index (χ0v) is 15.6. The van der Waals surface area contributed by atoms with E-state index in [0.717, 1.165) is 32.1 Å². The number of thiazole rings is 1. The third-order valence-corrected chi connectivity index (χ3v) is 4.61. The molecule has 2 aromatic carbocycles. The Balaban J connectivity index is 1.65. The minimum absolute atomic E-state index is 0.556. The van der Waals surface area contributed by atoms with Crippen LogP contribution in [0.1, 0.15) is 5.01 Å². The first kappa shape index (κ1) is 16.1. The third-order valence-electron chi connectivity index (χ3n) is 3.14. The molecule has 23 heavy (non-hydrogen) atoms. The van der Waals surface area contributed by atoms with Crippen LogP contribution in [0, 0.1) is 6.92 Å². The minimum atomic E-state index is 0.556. The quantitative estimate of drug-likeness (QED) is 0.550. The fourth-order valence-electron chi connectivity index (χ4n) is 2.08. The van der Waals surface area contributed by atoms with E-state index in [2.05, 4.69) is 36.9 Å². The Morgan fingerprint density at radius 2 is 1.83 bits per heavy atom. The maximum Gasteiger partial charge on any atom is 0.175 e. The summed E-state index contributed by atoms with van der Waals surface area (Å²) < 4.78 is 1.01. The van der Waals surface area contributed by atoms with Crippen molar-refractivity contribution in [1.29, 1.82) is 0 Å². The average Bonchev–Trinajstić information content (AvgIpc) is 2.94. The summed E-state index contributed by atoms with van der Waals surface area (Å²) in [5, 5.41) is 10.0. The highest BCUT2D eigenvalue weighted by Crippen LogP contribution is 2.23. The summed E-state index contributed by atoms with van der Waals surface area (Å²) >= 11 is 10.4. The standard InChI is InChI=1S/C17H14BrN3S2/c1-11-19-16(10-23-11)12-5-7-14(8-6-12)20-17(22)21-15-4-2-3-13(18)9-15/h2-10H,1H3,(H2,20,21,22).